The second-order valence-corrected chi connectivity index (χ2v) is 8.67. The van der Waals surface area contributed by atoms with Gasteiger partial charge in [0.05, 0.1) is 14.9 Å². The number of thiophene rings is 1. The van der Waals surface area contributed by atoms with Gasteiger partial charge in [0.15, 0.2) is 0 Å². The lowest BCUT2D eigenvalue weighted by atomic mass is 10.1. The summed E-state index contributed by atoms with van der Waals surface area (Å²) in [6.07, 6.45) is 7.49. The predicted octanol–water partition coefficient (Wildman–Crippen LogP) is 7.00. The summed E-state index contributed by atoms with van der Waals surface area (Å²) in [4.78, 5) is 3.39. The highest BCUT2D eigenvalue weighted by Crippen LogP contribution is 2.37. The Bertz CT molecular complexity index is 612. The van der Waals surface area contributed by atoms with Gasteiger partial charge in [-0.25, -0.2) is 0 Å². The minimum absolute atomic E-state index is 0.353. The van der Waals surface area contributed by atoms with Gasteiger partial charge in [0.2, 0.25) is 0 Å². The van der Waals surface area contributed by atoms with Crippen LogP contribution in [0.3, 0.4) is 0 Å². The maximum Gasteiger partial charge on any atom is 0.0595 e. The van der Waals surface area contributed by atoms with Gasteiger partial charge in [0, 0.05) is 9.75 Å². The fraction of sp³-hybridized carbons (Fsp3) is 0.412. The summed E-state index contributed by atoms with van der Waals surface area (Å²) in [5.41, 5.74) is 2.79. The lowest BCUT2D eigenvalue weighted by molar-refractivity contribution is 0.712. The summed E-state index contributed by atoms with van der Waals surface area (Å²) in [6.45, 7) is 0. The molecule has 0 saturated heterocycles. The zero-order valence-electron chi connectivity index (χ0n) is 11.7. The Hall–Kier alpha value is -0.0200. The van der Waals surface area contributed by atoms with Gasteiger partial charge in [0.25, 0.3) is 0 Å². The van der Waals surface area contributed by atoms with Gasteiger partial charge in [-0.2, -0.15) is 0 Å². The monoisotopic (exact) mass is 402 g/mol. The minimum atomic E-state index is 0.353. The van der Waals surface area contributed by atoms with Gasteiger partial charge in [-0.15, -0.1) is 11.3 Å². The van der Waals surface area contributed by atoms with Crippen LogP contribution in [0.25, 0.3) is 0 Å². The Morgan fingerprint density at radius 3 is 2.67 bits per heavy atom. The average molecular weight is 404 g/mol. The molecule has 0 radical (unpaired) electrons. The lowest BCUT2D eigenvalue weighted by Crippen LogP contribution is -1.93. The van der Waals surface area contributed by atoms with Crippen LogP contribution in [0.15, 0.2) is 24.3 Å². The number of rotatable bonds is 3. The quantitative estimate of drug-likeness (QED) is 0.382. The zero-order valence-corrected chi connectivity index (χ0v) is 15.6. The van der Waals surface area contributed by atoms with Crippen LogP contribution in [0.1, 0.15) is 45.0 Å². The molecule has 0 N–H and O–H groups in total. The molecule has 0 nitrogen and oxygen atoms in total. The molecule has 0 bridgehead atoms. The van der Waals surface area contributed by atoms with E-state index in [0.29, 0.717) is 14.9 Å². The van der Waals surface area contributed by atoms with Gasteiger partial charge in [-0.3, -0.25) is 0 Å². The van der Waals surface area contributed by atoms with E-state index in [0.717, 1.165) is 6.42 Å². The summed E-state index contributed by atoms with van der Waals surface area (Å²) < 4.78 is 0. The molecule has 1 aliphatic rings. The third kappa shape index (κ3) is 3.85. The Balaban J connectivity index is 1.75. The van der Waals surface area contributed by atoms with Crippen LogP contribution in [-0.2, 0) is 19.3 Å². The Morgan fingerprint density at radius 2 is 1.86 bits per heavy atom. The molecule has 0 aliphatic heterocycles. The molecular formula is C17H17BrCl2S. The molecule has 112 valence electrons. The van der Waals surface area contributed by atoms with Crippen LogP contribution in [-0.4, -0.2) is 0 Å². The van der Waals surface area contributed by atoms with Crippen LogP contribution in [0, 0.1) is 0 Å². The van der Waals surface area contributed by atoms with Gasteiger partial charge in [-0.1, -0.05) is 51.6 Å². The van der Waals surface area contributed by atoms with Gasteiger partial charge in [0.1, 0.15) is 0 Å². The highest BCUT2D eigenvalue weighted by Gasteiger charge is 2.17. The van der Waals surface area contributed by atoms with Crippen molar-refractivity contribution in [3.8, 4) is 0 Å². The molecule has 0 saturated carbocycles. The normalized spacial score (nSPS) is 16.3. The van der Waals surface area contributed by atoms with E-state index in [-0.39, 0.29) is 0 Å². The van der Waals surface area contributed by atoms with Crippen molar-refractivity contribution in [2.24, 2.45) is 0 Å². The number of fused-ring (bicyclic) bond motifs is 1. The summed E-state index contributed by atoms with van der Waals surface area (Å²) >= 11 is 17.9. The van der Waals surface area contributed by atoms with Crippen LogP contribution in [0.4, 0.5) is 0 Å². The van der Waals surface area contributed by atoms with Crippen molar-refractivity contribution >= 4 is 50.5 Å². The van der Waals surface area contributed by atoms with Gasteiger partial charge in [-0.05, 0) is 61.4 Å². The number of hydrogen-bond acceptors (Lipinski definition) is 1. The molecule has 0 amide bonds. The average Bonchev–Trinajstić information content (AvgIpc) is 2.74. The fourth-order valence-corrected chi connectivity index (χ4v) is 5.16. The molecule has 0 spiro atoms. The topological polar surface area (TPSA) is 0 Å². The maximum absolute atomic E-state index is 6.10. The summed E-state index contributed by atoms with van der Waals surface area (Å²) in [5.74, 6) is 0. The minimum Gasteiger partial charge on any atom is -0.144 e. The molecular weight excluding hydrogens is 387 g/mol. The van der Waals surface area contributed by atoms with Crippen LogP contribution in [0.5, 0.6) is 0 Å². The standard InChI is InChI=1S/C17H17BrCl2S/c18-13(8-11-6-7-14(19)15(20)9-11)17-10-12-4-2-1-3-5-16(12)21-17/h6-7,9-10,13H,1-5,8H2. The summed E-state index contributed by atoms with van der Waals surface area (Å²) in [6, 6.07) is 8.31. The highest BCUT2D eigenvalue weighted by molar-refractivity contribution is 9.09. The zero-order chi connectivity index (χ0) is 14.8. The molecule has 2 aromatic rings. The molecule has 1 unspecified atom stereocenters. The third-order valence-electron chi connectivity index (χ3n) is 3.97. The van der Waals surface area contributed by atoms with Crippen molar-refractivity contribution in [1.82, 2.24) is 0 Å². The van der Waals surface area contributed by atoms with Crippen LogP contribution >= 0.6 is 50.5 Å². The lowest BCUT2D eigenvalue weighted by Gasteiger charge is -2.09. The summed E-state index contributed by atoms with van der Waals surface area (Å²) in [5, 5.41) is 1.25. The van der Waals surface area contributed by atoms with Gasteiger partial charge < -0.3 is 0 Å². The first kappa shape index (κ1) is 15.9. The molecule has 1 aliphatic carbocycles. The molecule has 4 heteroatoms. The molecule has 21 heavy (non-hydrogen) atoms. The first-order chi connectivity index (χ1) is 10.1. The first-order valence-electron chi connectivity index (χ1n) is 7.33. The largest absolute Gasteiger partial charge is 0.144 e. The van der Waals surface area contributed by atoms with Crippen LogP contribution in [0.2, 0.25) is 10.0 Å². The second-order valence-electron chi connectivity index (χ2n) is 5.58. The number of halogens is 3. The molecule has 1 aromatic heterocycles. The van der Waals surface area contributed by atoms with E-state index in [1.807, 2.05) is 23.5 Å². The predicted molar refractivity (Wildman–Crippen MR) is 97.4 cm³/mol. The second kappa shape index (κ2) is 7.04. The number of benzene rings is 1. The van der Waals surface area contributed by atoms with E-state index in [9.17, 15) is 0 Å². The van der Waals surface area contributed by atoms with Crippen molar-refractivity contribution in [1.29, 1.82) is 0 Å². The number of hydrogen-bond donors (Lipinski definition) is 0. The Labute approximate surface area is 148 Å². The van der Waals surface area contributed by atoms with Crippen molar-refractivity contribution < 1.29 is 0 Å². The molecule has 0 fully saturated rings. The van der Waals surface area contributed by atoms with Crippen molar-refractivity contribution in [3.05, 3.63) is 55.2 Å². The van der Waals surface area contributed by atoms with Gasteiger partial charge >= 0.3 is 0 Å². The first-order valence-corrected chi connectivity index (χ1v) is 9.82. The Kier molecular flexibility index (Phi) is 5.32. The highest BCUT2D eigenvalue weighted by atomic mass is 79.9. The van der Waals surface area contributed by atoms with Crippen molar-refractivity contribution in [2.75, 3.05) is 0 Å². The number of alkyl halides is 1. The van der Waals surface area contributed by atoms with E-state index < -0.39 is 0 Å². The van der Waals surface area contributed by atoms with Crippen molar-refractivity contribution in [3.63, 3.8) is 0 Å². The molecule has 1 aromatic carbocycles. The molecule has 1 heterocycles. The number of aryl methyl sites for hydroxylation is 2. The molecule has 3 rings (SSSR count). The third-order valence-corrected chi connectivity index (χ3v) is 7.18. The van der Waals surface area contributed by atoms with Crippen LogP contribution < -0.4 is 0 Å². The Morgan fingerprint density at radius 1 is 1.05 bits per heavy atom. The van der Waals surface area contributed by atoms with E-state index in [2.05, 4.69) is 28.1 Å². The van der Waals surface area contributed by atoms with Crippen molar-refractivity contribution in [2.45, 2.75) is 43.4 Å². The van der Waals surface area contributed by atoms with E-state index in [4.69, 9.17) is 23.2 Å². The smallest absolute Gasteiger partial charge is 0.0595 e. The SMILES string of the molecule is Clc1ccc(CC(Br)c2cc3c(s2)CCCCC3)cc1Cl. The summed E-state index contributed by atoms with van der Waals surface area (Å²) in [7, 11) is 0. The molecule has 1 atom stereocenters. The fourth-order valence-electron chi connectivity index (χ4n) is 2.82. The van der Waals surface area contributed by atoms with E-state index >= 15 is 0 Å². The van der Waals surface area contributed by atoms with E-state index in [1.54, 1.807) is 10.4 Å². The maximum atomic E-state index is 6.10. The van der Waals surface area contributed by atoms with E-state index in [1.165, 1.54) is 42.5 Å².